The van der Waals surface area contributed by atoms with E-state index in [1.165, 1.54) is 6.26 Å². The molecule has 1 N–H and O–H groups in total. The number of halogens is 1. The minimum absolute atomic E-state index is 0.454. The Kier molecular flexibility index (Phi) is 2.98. The van der Waals surface area contributed by atoms with E-state index in [-0.39, 0.29) is 0 Å². The number of rotatable bonds is 2. The summed E-state index contributed by atoms with van der Waals surface area (Å²) in [6.45, 7) is 1.64. The molecule has 0 fully saturated rings. The molecule has 1 aliphatic rings. The van der Waals surface area contributed by atoms with Gasteiger partial charge < -0.3 is 14.6 Å². The first-order valence-electron chi connectivity index (χ1n) is 4.63. The molecule has 1 aliphatic heterocycles. The topological polar surface area (TPSA) is 38.7 Å². The van der Waals surface area contributed by atoms with Gasteiger partial charge in [-0.25, -0.2) is 0 Å². The highest BCUT2D eigenvalue weighted by molar-refractivity contribution is 9.10. The molecular formula is C11H11BrO3. The van der Waals surface area contributed by atoms with Crippen molar-refractivity contribution in [2.75, 3.05) is 0 Å². The molecule has 3 nitrogen and oxygen atoms in total. The van der Waals surface area contributed by atoms with Crippen LogP contribution in [0.1, 0.15) is 18.8 Å². The summed E-state index contributed by atoms with van der Waals surface area (Å²) in [6.07, 6.45) is 0.345. The van der Waals surface area contributed by atoms with Crippen molar-refractivity contribution >= 4 is 15.9 Å². The summed E-state index contributed by atoms with van der Waals surface area (Å²) >= 11 is 3.42. The van der Waals surface area contributed by atoms with E-state index >= 15 is 0 Å². The Morgan fingerprint density at radius 3 is 2.73 bits per heavy atom. The minimum atomic E-state index is -0.641. The lowest BCUT2D eigenvalue weighted by molar-refractivity contribution is -0.0465. The molecule has 0 aliphatic carbocycles. The summed E-state index contributed by atoms with van der Waals surface area (Å²) in [6, 6.07) is 7.66. The van der Waals surface area contributed by atoms with E-state index < -0.39 is 12.4 Å². The molecule has 1 heterocycles. The maximum absolute atomic E-state index is 9.30. The summed E-state index contributed by atoms with van der Waals surface area (Å²) in [5.74, 6) is 0.454. The van der Waals surface area contributed by atoms with Gasteiger partial charge in [0.25, 0.3) is 6.29 Å². The smallest absolute Gasteiger partial charge is 0.267 e. The van der Waals surface area contributed by atoms with Crippen LogP contribution < -0.4 is 0 Å². The Labute approximate surface area is 96.4 Å². The fourth-order valence-corrected chi connectivity index (χ4v) is 1.78. The van der Waals surface area contributed by atoms with Gasteiger partial charge in [-0.2, -0.15) is 0 Å². The van der Waals surface area contributed by atoms with Gasteiger partial charge in [-0.1, -0.05) is 34.1 Å². The molecule has 0 bridgehead atoms. The van der Waals surface area contributed by atoms with Crippen LogP contribution in [0.25, 0.3) is 0 Å². The highest BCUT2D eigenvalue weighted by Crippen LogP contribution is 2.33. The number of benzene rings is 1. The highest BCUT2D eigenvalue weighted by Gasteiger charge is 2.25. The van der Waals surface area contributed by atoms with Gasteiger partial charge >= 0.3 is 0 Å². The molecule has 0 spiro atoms. The van der Waals surface area contributed by atoms with Crippen molar-refractivity contribution in [2.24, 2.45) is 0 Å². The van der Waals surface area contributed by atoms with Crippen LogP contribution in [0.5, 0.6) is 0 Å². The molecule has 0 aromatic heterocycles. The van der Waals surface area contributed by atoms with E-state index in [2.05, 4.69) is 15.9 Å². The monoisotopic (exact) mass is 270 g/mol. The van der Waals surface area contributed by atoms with Crippen LogP contribution in [-0.4, -0.2) is 11.2 Å². The van der Waals surface area contributed by atoms with Crippen LogP contribution in [0.4, 0.5) is 0 Å². The standard InChI is InChI=1S/C11H11BrO3/c1-7(13)10-6-14-11(15-10)8-4-2-3-5-9(8)12/h2-7,11,13H,1H3. The molecule has 1 aromatic carbocycles. The van der Waals surface area contributed by atoms with E-state index in [0.717, 1.165) is 10.0 Å². The van der Waals surface area contributed by atoms with Crippen molar-refractivity contribution < 1.29 is 14.6 Å². The van der Waals surface area contributed by atoms with Crippen molar-refractivity contribution in [3.63, 3.8) is 0 Å². The second kappa shape index (κ2) is 4.24. The molecule has 0 amide bonds. The second-order valence-electron chi connectivity index (χ2n) is 3.30. The van der Waals surface area contributed by atoms with Crippen molar-refractivity contribution in [2.45, 2.75) is 19.3 Å². The first kappa shape index (κ1) is 10.5. The van der Waals surface area contributed by atoms with Gasteiger partial charge in [0.1, 0.15) is 12.4 Å². The molecule has 15 heavy (non-hydrogen) atoms. The van der Waals surface area contributed by atoms with Crippen LogP contribution in [0, 0.1) is 0 Å². The Morgan fingerprint density at radius 1 is 1.40 bits per heavy atom. The fourth-order valence-electron chi connectivity index (χ4n) is 1.31. The third kappa shape index (κ3) is 2.16. The van der Waals surface area contributed by atoms with Crippen LogP contribution >= 0.6 is 15.9 Å². The normalized spacial score (nSPS) is 21.5. The Hall–Kier alpha value is -1.000. The predicted molar refractivity (Wildman–Crippen MR) is 58.8 cm³/mol. The largest absolute Gasteiger partial charge is 0.455 e. The van der Waals surface area contributed by atoms with Gasteiger partial charge in [-0.3, -0.25) is 0 Å². The maximum Gasteiger partial charge on any atom is 0.267 e. The third-order valence-electron chi connectivity index (χ3n) is 2.12. The quantitative estimate of drug-likeness (QED) is 0.898. The van der Waals surface area contributed by atoms with Gasteiger partial charge in [0, 0.05) is 10.0 Å². The number of ether oxygens (including phenoxy) is 2. The van der Waals surface area contributed by atoms with E-state index in [0.29, 0.717) is 5.76 Å². The molecular weight excluding hydrogens is 260 g/mol. The molecule has 0 saturated heterocycles. The van der Waals surface area contributed by atoms with Crippen LogP contribution in [-0.2, 0) is 9.47 Å². The number of hydrogen-bond donors (Lipinski definition) is 1. The van der Waals surface area contributed by atoms with E-state index in [9.17, 15) is 5.11 Å². The molecule has 0 saturated carbocycles. The van der Waals surface area contributed by atoms with Crippen LogP contribution in [0.2, 0.25) is 0 Å². The van der Waals surface area contributed by atoms with Gasteiger partial charge in [0.2, 0.25) is 0 Å². The number of hydrogen-bond acceptors (Lipinski definition) is 3. The second-order valence-corrected chi connectivity index (χ2v) is 4.16. The maximum atomic E-state index is 9.30. The van der Waals surface area contributed by atoms with Crippen molar-refractivity contribution in [3.05, 3.63) is 46.3 Å². The summed E-state index contributed by atoms with van der Waals surface area (Å²) in [5, 5.41) is 9.30. The summed E-state index contributed by atoms with van der Waals surface area (Å²) in [5.41, 5.74) is 0.907. The molecule has 2 rings (SSSR count). The van der Waals surface area contributed by atoms with Crippen molar-refractivity contribution in [3.8, 4) is 0 Å². The lowest BCUT2D eigenvalue weighted by Gasteiger charge is -2.14. The average Bonchev–Trinajstić information content (AvgIpc) is 2.67. The van der Waals surface area contributed by atoms with Crippen molar-refractivity contribution in [1.29, 1.82) is 0 Å². The highest BCUT2D eigenvalue weighted by atomic mass is 79.9. The minimum Gasteiger partial charge on any atom is -0.455 e. The van der Waals surface area contributed by atoms with Gasteiger partial charge in [-0.05, 0) is 13.0 Å². The van der Waals surface area contributed by atoms with Crippen LogP contribution in [0.15, 0.2) is 40.8 Å². The van der Waals surface area contributed by atoms with E-state index in [4.69, 9.17) is 9.47 Å². The van der Waals surface area contributed by atoms with Gasteiger partial charge in [-0.15, -0.1) is 0 Å². The lowest BCUT2D eigenvalue weighted by atomic mass is 10.2. The number of aliphatic hydroxyl groups excluding tert-OH is 1. The average molecular weight is 271 g/mol. The lowest BCUT2D eigenvalue weighted by Crippen LogP contribution is -2.07. The van der Waals surface area contributed by atoms with Crippen LogP contribution in [0.3, 0.4) is 0 Å². The molecule has 2 atom stereocenters. The summed E-state index contributed by atoms with van der Waals surface area (Å²) < 4.78 is 11.7. The Morgan fingerprint density at radius 2 is 2.13 bits per heavy atom. The first-order chi connectivity index (χ1) is 7.18. The van der Waals surface area contributed by atoms with Gasteiger partial charge in [0.15, 0.2) is 5.76 Å². The molecule has 4 heteroatoms. The fraction of sp³-hybridized carbons (Fsp3) is 0.273. The number of aliphatic hydroxyl groups is 1. The predicted octanol–water partition coefficient (Wildman–Crippen LogP) is 2.72. The SMILES string of the molecule is CC(O)C1=COC(c2ccccc2Br)O1. The van der Waals surface area contributed by atoms with E-state index in [1.807, 2.05) is 24.3 Å². The Bertz CT molecular complexity index is 387. The zero-order chi connectivity index (χ0) is 10.8. The first-order valence-corrected chi connectivity index (χ1v) is 5.42. The van der Waals surface area contributed by atoms with Gasteiger partial charge in [0.05, 0.1) is 0 Å². The van der Waals surface area contributed by atoms with Crippen molar-refractivity contribution in [1.82, 2.24) is 0 Å². The Balaban J connectivity index is 2.14. The zero-order valence-electron chi connectivity index (χ0n) is 8.18. The summed E-state index contributed by atoms with van der Waals surface area (Å²) in [4.78, 5) is 0. The molecule has 80 valence electrons. The molecule has 1 aromatic rings. The third-order valence-corrected chi connectivity index (χ3v) is 2.84. The summed E-state index contributed by atoms with van der Waals surface area (Å²) in [7, 11) is 0. The zero-order valence-corrected chi connectivity index (χ0v) is 9.77. The van der Waals surface area contributed by atoms with E-state index in [1.54, 1.807) is 6.92 Å². The molecule has 2 unspecified atom stereocenters. The molecule has 0 radical (unpaired) electrons.